The fourth-order valence-corrected chi connectivity index (χ4v) is 3.00. The van der Waals surface area contributed by atoms with E-state index in [1.807, 2.05) is 13.2 Å². The lowest BCUT2D eigenvalue weighted by Gasteiger charge is -2.23. The van der Waals surface area contributed by atoms with E-state index in [1.165, 1.54) is 11.6 Å². The highest BCUT2D eigenvalue weighted by Crippen LogP contribution is 2.27. The summed E-state index contributed by atoms with van der Waals surface area (Å²) in [7, 11) is 1.98. The molecule has 1 atom stereocenters. The van der Waals surface area contributed by atoms with Gasteiger partial charge in [0.25, 0.3) is 0 Å². The van der Waals surface area contributed by atoms with Crippen molar-refractivity contribution in [3.8, 4) is 11.4 Å². The third kappa shape index (κ3) is 3.06. The molecule has 21 heavy (non-hydrogen) atoms. The van der Waals surface area contributed by atoms with Gasteiger partial charge in [0.1, 0.15) is 5.82 Å². The fraction of sp³-hybridized carbons (Fsp3) is 0.375. The van der Waals surface area contributed by atoms with E-state index < -0.39 is 5.82 Å². The molecule has 0 spiro atoms. The summed E-state index contributed by atoms with van der Waals surface area (Å²) in [5.41, 5.74) is 3.08. The van der Waals surface area contributed by atoms with Gasteiger partial charge in [-0.05, 0) is 62.5 Å². The minimum atomic E-state index is -0.423. The second kappa shape index (κ2) is 6.08. The standard InChI is InChI=1S/C16H17ClFN3/c1-19-8-10-2-5-15-12(6-10)9-20-16(21-15)11-3-4-14(18)13(17)7-11/h3-4,7,9-10,19H,2,5-6,8H2,1H3. The summed E-state index contributed by atoms with van der Waals surface area (Å²) in [6, 6.07) is 4.59. The summed E-state index contributed by atoms with van der Waals surface area (Å²) in [5, 5.41) is 3.33. The fourth-order valence-electron chi connectivity index (χ4n) is 2.82. The third-order valence-electron chi connectivity index (χ3n) is 3.92. The van der Waals surface area contributed by atoms with E-state index in [-0.39, 0.29) is 5.02 Å². The van der Waals surface area contributed by atoms with E-state index in [1.54, 1.807) is 12.1 Å². The molecule has 0 aliphatic heterocycles. The van der Waals surface area contributed by atoms with Crippen LogP contribution in [0.3, 0.4) is 0 Å². The number of benzene rings is 1. The number of halogens is 2. The lowest BCUT2D eigenvalue weighted by atomic mass is 9.87. The first-order valence-electron chi connectivity index (χ1n) is 7.12. The first-order valence-corrected chi connectivity index (χ1v) is 7.50. The smallest absolute Gasteiger partial charge is 0.159 e. The van der Waals surface area contributed by atoms with Crippen molar-refractivity contribution in [2.45, 2.75) is 19.3 Å². The Kier molecular flexibility index (Phi) is 4.17. The molecule has 1 aliphatic rings. The summed E-state index contributed by atoms with van der Waals surface area (Å²) >= 11 is 5.82. The number of aromatic nitrogens is 2. The molecule has 5 heteroatoms. The van der Waals surface area contributed by atoms with Crippen LogP contribution in [-0.4, -0.2) is 23.6 Å². The molecular weight excluding hydrogens is 289 g/mol. The van der Waals surface area contributed by atoms with Gasteiger partial charge in [0.05, 0.1) is 5.02 Å². The molecule has 0 saturated carbocycles. The van der Waals surface area contributed by atoms with Crippen molar-refractivity contribution in [1.82, 2.24) is 15.3 Å². The van der Waals surface area contributed by atoms with Crippen LogP contribution in [0.25, 0.3) is 11.4 Å². The Labute approximate surface area is 128 Å². The van der Waals surface area contributed by atoms with Gasteiger partial charge in [-0.2, -0.15) is 0 Å². The number of hydrogen-bond donors (Lipinski definition) is 1. The Bertz CT molecular complexity index is 660. The maximum absolute atomic E-state index is 13.2. The van der Waals surface area contributed by atoms with Gasteiger partial charge in [-0.3, -0.25) is 0 Å². The van der Waals surface area contributed by atoms with Crippen LogP contribution in [0.5, 0.6) is 0 Å². The monoisotopic (exact) mass is 305 g/mol. The summed E-state index contributed by atoms with van der Waals surface area (Å²) < 4.78 is 13.2. The summed E-state index contributed by atoms with van der Waals surface area (Å²) in [6.07, 6.45) is 5.01. The zero-order valence-electron chi connectivity index (χ0n) is 11.9. The van der Waals surface area contributed by atoms with E-state index in [0.717, 1.165) is 37.1 Å². The van der Waals surface area contributed by atoms with Crippen LogP contribution in [0.15, 0.2) is 24.4 Å². The minimum Gasteiger partial charge on any atom is -0.319 e. The van der Waals surface area contributed by atoms with Gasteiger partial charge >= 0.3 is 0 Å². The average molecular weight is 306 g/mol. The van der Waals surface area contributed by atoms with E-state index in [9.17, 15) is 4.39 Å². The maximum atomic E-state index is 13.2. The number of rotatable bonds is 3. The molecule has 0 radical (unpaired) electrons. The van der Waals surface area contributed by atoms with Crippen molar-refractivity contribution in [2.75, 3.05) is 13.6 Å². The van der Waals surface area contributed by atoms with Gasteiger partial charge in [0.15, 0.2) is 5.82 Å². The van der Waals surface area contributed by atoms with E-state index in [0.29, 0.717) is 11.7 Å². The Morgan fingerprint density at radius 3 is 3.05 bits per heavy atom. The zero-order valence-corrected chi connectivity index (χ0v) is 12.6. The zero-order chi connectivity index (χ0) is 14.8. The molecule has 3 nitrogen and oxygen atoms in total. The van der Waals surface area contributed by atoms with Gasteiger partial charge < -0.3 is 5.32 Å². The summed E-state index contributed by atoms with van der Waals surface area (Å²) in [5.74, 6) is 0.841. The predicted molar refractivity (Wildman–Crippen MR) is 81.9 cm³/mol. The molecule has 0 amide bonds. The number of nitrogens with one attached hydrogen (secondary N) is 1. The molecule has 1 aromatic carbocycles. The van der Waals surface area contributed by atoms with Gasteiger partial charge in [-0.15, -0.1) is 0 Å². The highest BCUT2D eigenvalue weighted by molar-refractivity contribution is 6.31. The molecule has 1 heterocycles. The number of nitrogens with zero attached hydrogens (tertiary/aromatic N) is 2. The Balaban J connectivity index is 1.88. The van der Waals surface area contributed by atoms with E-state index >= 15 is 0 Å². The van der Waals surface area contributed by atoms with Gasteiger partial charge in [0.2, 0.25) is 0 Å². The predicted octanol–water partition coefficient (Wildman–Crippen LogP) is 3.26. The lowest BCUT2D eigenvalue weighted by molar-refractivity contribution is 0.434. The van der Waals surface area contributed by atoms with Crippen LogP contribution in [0.2, 0.25) is 5.02 Å². The number of aryl methyl sites for hydroxylation is 1. The minimum absolute atomic E-state index is 0.0999. The molecule has 2 aromatic rings. The van der Waals surface area contributed by atoms with Crippen LogP contribution >= 0.6 is 11.6 Å². The van der Waals surface area contributed by atoms with Crippen molar-refractivity contribution in [3.05, 3.63) is 46.5 Å². The molecule has 1 aromatic heterocycles. The first kappa shape index (κ1) is 14.4. The van der Waals surface area contributed by atoms with Crippen LogP contribution in [0, 0.1) is 11.7 Å². The maximum Gasteiger partial charge on any atom is 0.159 e. The van der Waals surface area contributed by atoms with Crippen molar-refractivity contribution in [2.24, 2.45) is 5.92 Å². The lowest BCUT2D eigenvalue weighted by Crippen LogP contribution is -2.25. The Hall–Kier alpha value is -1.52. The number of hydrogen-bond acceptors (Lipinski definition) is 3. The van der Waals surface area contributed by atoms with Gasteiger partial charge in [-0.1, -0.05) is 11.6 Å². The molecule has 1 unspecified atom stereocenters. The molecule has 0 fully saturated rings. The molecule has 3 rings (SSSR count). The van der Waals surface area contributed by atoms with E-state index in [4.69, 9.17) is 11.6 Å². The normalized spacial score (nSPS) is 17.6. The topological polar surface area (TPSA) is 37.8 Å². The average Bonchev–Trinajstić information content (AvgIpc) is 2.50. The van der Waals surface area contributed by atoms with Crippen LogP contribution in [-0.2, 0) is 12.8 Å². The van der Waals surface area contributed by atoms with Crippen molar-refractivity contribution >= 4 is 11.6 Å². The molecule has 1 N–H and O–H groups in total. The SMILES string of the molecule is CNCC1CCc2nc(-c3ccc(F)c(Cl)c3)ncc2C1. The second-order valence-corrected chi connectivity index (χ2v) is 5.87. The Morgan fingerprint density at radius 2 is 2.29 bits per heavy atom. The van der Waals surface area contributed by atoms with Crippen LogP contribution in [0.1, 0.15) is 17.7 Å². The van der Waals surface area contributed by atoms with Crippen LogP contribution < -0.4 is 5.32 Å². The largest absolute Gasteiger partial charge is 0.319 e. The molecule has 1 aliphatic carbocycles. The molecule has 0 bridgehead atoms. The summed E-state index contributed by atoms with van der Waals surface area (Å²) in [6.45, 7) is 1.02. The molecular formula is C16H17ClFN3. The van der Waals surface area contributed by atoms with Gasteiger partial charge in [0, 0.05) is 17.5 Å². The second-order valence-electron chi connectivity index (χ2n) is 5.46. The highest BCUT2D eigenvalue weighted by atomic mass is 35.5. The first-order chi connectivity index (χ1) is 10.2. The Morgan fingerprint density at radius 1 is 1.43 bits per heavy atom. The molecule has 0 saturated heterocycles. The quantitative estimate of drug-likeness (QED) is 0.946. The number of fused-ring (bicyclic) bond motifs is 1. The van der Waals surface area contributed by atoms with Crippen molar-refractivity contribution in [1.29, 1.82) is 0 Å². The van der Waals surface area contributed by atoms with Gasteiger partial charge in [-0.25, -0.2) is 14.4 Å². The van der Waals surface area contributed by atoms with Crippen LogP contribution in [0.4, 0.5) is 4.39 Å². The molecule has 110 valence electrons. The van der Waals surface area contributed by atoms with E-state index in [2.05, 4.69) is 15.3 Å². The van der Waals surface area contributed by atoms with Crippen molar-refractivity contribution < 1.29 is 4.39 Å². The van der Waals surface area contributed by atoms with Crippen molar-refractivity contribution in [3.63, 3.8) is 0 Å². The summed E-state index contributed by atoms with van der Waals surface area (Å²) in [4.78, 5) is 9.05. The third-order valence-corrected chi connectivity index (χ3v) is 4.21. The highest BCUT2D eigenvalue weighted by Gasteiger charge is 2.20.